The Morgan fingerprint density at radius 1 is 0.551 bits per heavy atom. The minimum Gasteiger partial charge on any atom is -0.388 e. The van der Waals surface area contributed by atoms with Crippen LogP contribution in [0.1, 0.15) is 114 Å². The summed E-state index contributed by atoms with van der Waals surface area (Å²) in [5.74, 6) is 0.974. The zero-order valence-corrected chi connectivity index (χ0v) is 44.3. The summed E-state index contributed by atoms with van der Waals surface area (Å²) < 4.78 is 7.85. The molecule has 0 saturated heterocycles. The number of carbonyl (C=O) groups is 3. The van der Waals surface area contributed by atoms with Crippen LogP contribution in [0.5, 0.6) is 0 Å². The second-order valence-corrected chi connectivity index (χ2v) is 21.2. The zero-order chi connectivity index (χ0) is 54.3. The summed E-state index contributed by atoms with van der Waals surface area (Å²) in [5.41, 5.74) is 4.21. The Bertz CT molecular complexity index is 3000. The van der Waals surface area contributed by atoms with Gasteiger partial charge in [-0.15, -0.1) is 0 Å². The smallest absolute Gasteiger partial charge is 0.315 e. The highest BCUT2D eigenvalue weighted by atomic mass is 16.3. The Balaban J connectivity index is 0.733. The summed E-state index contributed by atoms with van der Waals surface area (Å²) in [6, 6.07) is -1.48. The van der Waals surface area contributed by atoms with E-state index in [2.05, 4.69) is 75.9 Å². The average Bonchev–Trinajstić information content (AvgIpc) is 4.48. The molecule has 27 heteroatoms. The number of aliphatic hydroxyl groups is 4. The first-order valence-electron chi connectivity index (χ1n) is 27.7. The Morgan fingerprint density at radius 2 is 1.04 bits per heavy atom. The van der Waals surface area contributed by atoms with E-state index in [1.165, 1.54) is 0 Å². The van der Waals surface area contributed by atoms with E-state index in [-0.39, 0.29) is 54.6 Å². The van der Waals surface area contributed by atoms with Gasteiger partial charge in [-0.05, 0) is 90.9 Å². The van der Waals surface area contributed by atoms with Crippen LogP contribution in [-0.2, 0) is 35.5 Å². The molecule has 6 aromatic rings. The summed E-state index contributed by atoms with van der Waals surface area (Å²) in [4.78, 5) is 75.5. The monoisotopic (exact) mass is 1080 g/mol. The average molecular weight is 1080 g/mol. The fourth-order valence-electron chi connectivity index (χ4n) is 11.6. The largest absolute Gasteiger partial charge is 0.388 e. The predicted octanol–water partition coefficient (Wildman–Crippen LogP) is 1.50. The van der Waals surface area contributed by atoms with E-state index in [1.807, 2.05) is 34.2 Å². The quantitative estimate of drug-likeness (QED) is 0.0458. The van der Waals surface area contributed by atoms with Crippen LogP contribution in [0.15, 0.2) is 37.7 Å². The number of hydrogen-bond acceptors (Lipinski definition) is 19. The van der Waals surface area contributed by atoms with Gasteiger partial charge in [0.05, 0.1) is 48.8 Å². The van der Waals surface area contributed by atoms with Gasteiger partial charge in [0.2, 0.25) is 23.7 Å². The van der Waals surface area contributed by atoms with E-state index >= 15 is 0 Å². The number of aromatic nitrogens is 12. The molecule has 6 atom stereocenters. The molecule has 0 spiro atoms. The van der Waals surface area contributed by atoms with Gasteiger partial charge >= 0.3 is 6.03 Å². The third-order valence-electron chi connectivity index (χ3n) is 15.9. The normalized spacial score (nSPS) is 25.3. The Labute approximate surface area is 450 Å². The lowest BCUT2D eigenvalue weighted by Crippen LogP contribution is -2.49. The number of nitrogens with one attached hydrogen (secondary N) is 8. The first-order chi connectivity index (χ1) is 37.9. The highest BCUT2D eigenvalue weighted by Crippen LogP contribution is 2.37. The minimum absolute atomic E-state index is 0.0101. The Hall–Kier alpha value is -7.23. The molecular formula is C51H74N20O7. The van der Waals surface area contributed by atoms with Gasteiger partial charge in [0.25, 0.3) is 0 Å². The van der Waals surface area contributed by atoms with E-state index in [0.29, 0.717) is 78.2 Å². The van der Waals surface area contributed by atoms with Gasteiger partial charge in [-0.1, -0.05) is 0 Å². The maximum atomic E-state index is 13.5. The lowest BCUT2D eigenvalue weighted by atomic mass is 9.90. The molecule has 4 aliphatic carbocycles. The first kappa shape index (κ1) is 54.1. The molecule has 78 heavy (non-hydrogen) atoms. The van der Waals surface area contributed by atoms with E-state index in [1.54, 1.807) is 17.2 Å². The number of urea groups is 1. The number of amides is 4. The fraction of sp³-hybridized carbons (Fsp3) is 0.627. The number of imidazole rings is 4. The number of nitrogens with zero attached hydrogens (tertiary/aromatic N) is 12. The number of aryl methyl sites for hydroxylation is 2. The van der Waals surface area contributed by atoms with Gasteiger partial charge in [0.1, 0.15) is 25.4 Å². The molecule has 27 nitrogen and oxygen atoms in total. The molecular weight excluding hydrogens is 1000 g/mol. The molecule has 0 bridgehead atoms. The summed E-state index contributed by atoms with van der Waals surface area (Å²) in [6.07, 6.45) is 18.6. The van der Waals surface area contributed by atoms with Crippen molar-refractivity contribution in [1.82, 2.24) is 79.4 Å². The van der Waals surface area contributed by atoms with Crippen LogP contribution in [0.3, 0.4) is 0 Å². The van der Waals surface area contributed by atoms with Crippen molar-refractivity contribution in [2.24, 2.45) is 0 Å². The molecule has 0 aliphatic heterocycles. The van der Waals surface area contributed by atoms with Gasteiger partial charge in [-0.2, -0.15) is 19.9 Å². The zero-order valence-electron chi connectivity index (χ0n) is 44.3. The SMILES string of the molecule is CCn1cnc(CCNc2nc(NC3CCC(NC(=O)NC4CCC(Nc5nc(NCCc6cn(CC)cn6)nc6c5ncn6[C@@H]5C[C@H](NC(=O)CO)[C@@H](O)[C@H]5O)CC4)CC3)c3ncn([C@H]4CC[C@@H](NC(=O)CO)C4)c3n2)c1. The molecule has 420 valence electrons. The van der Waals surface area contributed by atoms with E-state index < -0.39 is 43.4 Å². The number of fused-ring (bicyclic) bond motifs is 2. The Kier molecular flexibility index (Phi) is 17.1. The molecule has 0 radical (unpaired) electrons. The summed E-state index contributed by atoms with van der Waals surface area (Å²) in [7, 11) is 0. The minimum atomic E-state index is -1.26. The third kappa shape index (κ3) is 12.7. The van der Waals surface area contributed by atoms with Gasteiger partial charge in [-0.25, -0.2) is 24.7 Å². The van der Waals surface area contributed by atoms with E-state index in [4.69, 9.17) is 24.9 Å². The number of rotatable bonds is 22. The standard InChI is InChI=1S/C51H74N20O7/c1-3-68-21-34(54-25-68)15-17-52-49-64-45(41-47(66-49)70(27-56-41)36-14-13-33(19-36)58-39(74)23-72)59-29-5-9-31(10-6-29)61-51(78)62-32-11-7-30(8-12-32)60-46-42-48(67-50(65-46)53-18-16-35-22-69(4-2)26-55-35)71(28-57-42)38-20-37(43(76)44(38)77)63-40(75)24-73/h21-22,25-33,36-38,43-44,72-73,76-77H,3-20,23-24H2,1-2H3,(H,58,74)(H,63,75)(H2,61,62,78)(H2,52,59,64,66)(H2,53,60,65,67)/t29?,30?,31?,32?,33-,36+,37+,38-,43-,44+/m1/s1. The first-order valence-corrected chi connectivity index (χ1v) is 27.7. The second kappa shape index (κ2) is 24.6. The van der Waals surface area contributed by atoms with Crippen molar-refractivity contribution in [1.29, 1.82) is 0 Å². The number of aliphatic hydroxyl groups excluding tert-OH is 4. The fourth-order valence-corrected chi connectivity index (χ4v) is 11.6. The van der Waals surface area contributed by atoms with Crippen molar-refractivity contribution in [2.45, 2.75) is 177 Å². The van der Waals surface area contributed by atoms with Crippen molar-refractivity contribution in [2.75, 3.05) is 47.6 Å². The van der Waals surface area contributed by atoms with Crippen molar-refractivity contribution in [3.05, 3.63) is 49.1 Å². The van der Waals surface area contributed by atoms with Crippen LogP contribution >= 0.6 is 0 Å². The van der Waals surface area contributed by atoms with Crippen LogP contribution in [0, 0.1) is 0 Å². The highest BCUT2D eigenvalue weighted by Gasteiger charge is 2.44. The van der Waals surface area contributed by atoms with Crippen molar-refractivity contribution in [3.8, 4) is 0 Å². The molecule has 12 N–H and O–H groups in total. The van der Waals surface area contributed by atoms with Crippen LogP contribution in [0.25, 0.3) is 22.3 Å². The molecule has 10 rings (SSSR count). The molecule has 6 aromatic heterocycles. The van der Waals surface area contributed by atoms with Gasteiger partial charge < -0.3 is 81.2 Å². The van der Waals surface area contributed by atoms with E-state index in [9.17, 15) is 34.8 Å². The molecule has 4 fully saturated rings. The van der Waals surface area contributed by atoms with Gasteiger partial charge in [0, 0.05) is 87.7 Å². The summed E-state index contributed by atoms with van der Waals surface area (Å²) in [6.45, 7) is 5.62. The predicted molar refractivity (Wildman–Crippen MR) is 288 cm³/mol. The molecule has 6 heterocycles. The summed E-state index contributed by atoms with van der Waals surface area (Å²) >= 11 is 0. The second-order valence-electron chi connectivity index (χ2n) is 21.2. The topological polar surface area (TPSA) is 351 Å². The third-order valence-corrected chi connectivity index (χ3v) is 15.9. The maximum Gasteiger partial charge on any atom is 0.315 e. The highest BCUT2D eigenvalue weighted by molar-refractivity contribution is 5.86. The van der Waals surface area contributed by atoms with Gasteiger partial charge in [0.15, 0.2) is 34.0 Å². The van der Waals surface area contributed by atoms with Crippen molar-refractivity contribution in [3.63, 3.8) is 0 Å². The van der Waals surface area contributed by atoms with Crippen LogP contribution < -0.4 is 42.5 Å². The number of anilines is 4. The molecule has 4 saturated carbocycles. The van der Waals surface area contributed by atoms with Crippen LogP contribution in [0.4, 0.5) is 28.3 Å². The van der Waals surface area contributed by atoms with Crippen LogP contribution in [0.2, 0.25) is 0 Å². The molecule has 0 aromatic carbocycles. The number of hydrogen-bond donors (Lipinski definition) is 12. The summed E-state index contributed by atoms with van der Waals surface area (Å²) in [5, 5.41) is 66.7. The molecule has 4 aliphatic rings. The molecule has 4 amide bonds. The Morgan fingerprint density at radius 3 is 1.55 bits per heavy atom. The molecule has 0 unspecified atom stereocenters. The van der Waals surface area contributed by atoms with E-state index in [0.717, 1.165) is 88.7 Å². The lowest BCUT2D eigenvalue weighted by Gasteiger charge is -2.32. The van der Waals surface area contributed by atoms with Crippen molar-refractivity contribution >= 4 is 63.7 Å². The van der Waals surface area contributed by atoms with Crippen molar-refractivity contribution < 1.29 is 34.8 Å². The lowest BCUT2D eigenvalue weighted by molar-refractivity contribution is -0.125. The van der Waals surface area contributed by atoms with Gasteiger partial charge in [-0.3, -0.25) is 9.59 Å². The maximum absolute atomic E-state index is 13.5. The number of carbonyl (C=O) groups excluding carboxylic acids is 3. The van der Waals surface area contributed by atoms with Crippen LogP contribution in [-0.4, -0.2) is 171 Å².